The highest BCUT2D eigenvalue weighted by Crippen LogP contribution is 2.39. The van der Waals surface area contributed by atoms with Crippen LogP contribution in [0.15, 0.2) is 0 Å². The molecule has 0 saturated heterocycles. The Morgan fingerprint density at radius 2 is 1.89 bits per heavy atom. The number of hydrogen-bond acceptors (Lipinski definition) is 2. The number of ether oxygens (including phenoxy) is 1. The van der Waals surface area contributed by atoms with Crippen LogP contribution in [0.2, 0.25) is 0 Å². The largest absolute Gasteiger partial charge is 0.378 e. The Morgan fingerprint density at radius 1 is 1.26 bits per heavy atom. The van der Waals surface area contributed by atoms with Gasteiger partial charge in [-0.2, -0.15) is 0 Å². The SMILES string of the molecule is CC(CNC(C)(C)C)COC1CC(C)CC(C)(C)C1. The first-order valence-corrected chi connectivity index (χ1v) is 7.94. The van der Waals surface area contributed by atoms with E-state index in [9.17, 15) is 0 Å². The summed E-state index contributed by atoms with van der Waals surface area (Å²) in [6, 6.07) is 0. The molecule has 3 atom stereocenters. The Bertz CT molecular complexity index is 267. The summed E-state index contributed by atoms with van der Waals surface area (Å²) < 4.78 is 6.18. The molecule has 0 aromatic rings. The van der Waals surface area contributed by atoms with Crippen LogP contribution in [0, 0.1) is 17.3 Å². The fourth-order valence-electron chi connectivity index (χ4n) is 3.23. The maximum Gasteiger partial charge on any atom is 0.0582 e. The van der Waals surface area contributed by atoms with Crippen molar-refractivity contribution in [3.8, 4) is 0 Å². The van der Waals surface area contributed by atoms with Gasteiger partial charge in [-0.25, -0.2) is 0 Å². The van der Waals surface area contributed by atoms with Crippen LogP contribution >= 0.6 is 0 Å². The predicted octanol–water partition coefficient (Wildman–Crippen LogP) is 4.24. The van der Waals surface area contributed by atoms with Gasteiger partial charge in [-0.1, -0.05) is 27.7 Å². The van der Waals surface area contributed by atoms with Crippen LogP contribution in [-0.2, 0) is 4.74 Å². The molecule has 1 N–H and O–H groups in total. The maximum atomic E-state index is 6.18. The van der Waals surface area contributed by atoms with Gasteiger partial charge in [0, 0.05) is 12.1 Å². The molecule has 0 aromatic heterocycles. The van der Waals surface area contributed by atoms with Gasteiger partial charge in [0.2, 0.25) is 0 Å². The second-order valence-corrected chi connectivity index (χ2v) is 8.60. The highest BCUT2D eigenvalue weighted by atomic mass is 16.5. The van der Waals surface area contributed by atoms with E-state index in [0.29, 0.717) is 17.4 Å². The molecule has 0 aliphatic heterocycles. The van der Waals surface area contributed by atoms with E-state index in [1.165, 1.54) is 19.3 Å². The lowest BCUT2D eigenvalue weighted by molar-refractivity contribution is -0.0345. The van der Waals surface area contributed by atoms with E-state index in [2.05, 4.69) is 53.8 Å². The smallest absolute Gasteiger partial charge is 0.0582 e. The third-order valence-electron chi connectivity index (χ3n) is 3.94. The standard InChI is InChI=1S/C17H35NO/c1-13-8-15(10-17(6,7)9-13)19-12-14(2)11-18-16(3,4)5/h13-15,18H,8-12H2,1-7H3. The highest BCUT2D eigenvalue weighted by molar-refractivity contribution is 4.83. The van der Waals surface area contributed by atoms with Gasteiger partial charge in [0.15, 0.2) is 0 Å². The molecule has 2 nitrogen and oxygen atoms in total. The van der Waals surface area contributed by atoms with Crippen LogP contribution < -0.4 is 5.32 Å². The van der Waals surface area contributed by atoms with E-state index in [-0.39, 0.29) is 5.54 Å². The average Bonchev–Trinajstić information content (AvgIpc) is 2.19. The van der Waals surface area contributed by atoms with Gasteiger partial charge in [-0.3, -0.25) is 0 Å². The Hall–Kier alpha value is -0.0800. The number of rotatable bonds is 5. The lowest BCUT2D eigenvalue weighted by Crippen LogP contribution is -2.40. The highest BCUT2D eigenvalue weighted by Gasteiger charge is 2.32. The first kappa shape index (κ1) is 17.0. The zero-order valence-corrected chi connectivity index (χ0v) is 14.2. The van der Waals surface area contributed by atoms with Gasteiger partial charge in [0.25, 0.3) is 0 Å². The molecule has 2 heteroatoms. The second kappa shape index (κ2) is 6.58. The van der Waals surface area contributed by atoms with Crippen molar-refractivity contribution in [1.29, 1.82) is 0 Å². The quantitative estimate of drug-likeness (QED) is 0.806. The molecule has 0 spiro atoms. The minimum absolute atomic E-state index is 0.204. The van der Waals surface area contributed by atoms with Gasteiger partial charge in [0.05, 0.1) is 12.7 Å². The summed E-state index contributed by atoms with van der Waals surface area (Å²) in [6.45, 7) is 18.0. The van der Waals surface area contributed by atoms with Gasteiger partial charge in [-0.15, -0.1) is 0 Å². The molecule has 0 radical (unpaired) electrons. The zero-order valence-electron chi connectivity index (χ0n) is 14.2. The van der Waals surface area contributed by atoms with E-state index in [4.69, 9.17) is 4.74 Å². The first-order valence-electron chi connectivity index (χ1n) is 7.94. The van der Waals surface area contributed by atoms with E-state index in [1.54, 1.807) is 0 Å². The molecule has 0 amide bonds. The molecular formula is C17H35NO. The van der Waals surface area contributed by atoms with Crippen LogP contribution in [0.25, 0.3) is 0 Å². The number of hydrogen-bond donors (Lipinski definition) is 1. The molecule has 0 heterocycles. The summed E-state index contributed by atoms with van der Waals surface area (Å²) in [6.07, 6.45) is 4.27. The van der Waals surface area contributed by atoms with Gasteiger partial charge >= 0.3 is 0 Å². The lowest BCUT2D eigenvalue weighted by atomic mass is 9.71. The summed E-state index contributed by atoms with van der Waals surface area (Å²) in [5.74, 6) is 1.39. The van der Waals surface area contributed by atoms with E-state index < -0.39 is 0 Å². The summed E-state index contributed by atoms with van der Waals surface area (Å²) in [5, 5.41) is 3.55. The minimum Gasteiger partial charge on any atom is -0.378 e. The average molecular weight is 269 g/mol. The minimum atomic E-state index is 0.204. The summed E-state index contributed by atoms with van der Waals surface area (Å²) in [5.41, 5.74) is 0.658. The molecule has 1 rings (SSSR count). The molecule has 1 aliphatic rings. The van der Waals surface area contributed by atoms with Crippen molar-refractivity contribution in [1.82, 2.24) is 5.32 Å². The Kier molecular flexibility index (Phi) is 5.88. The fraction of sp³-hybridized carbons (Fsp3) is 1.00. The molecule has 0 aromatic carbocycles. The van der Waals surface area contributed by atoms with Crippen LogP contribution in [0.3, 0.4) is 0 Å². The lowest BCUT2D eigenvalue weighted by Gasteiger charge is -2.39. The van der Waals surface area contributed by atoms with Crippen LogP contribution in [0.5, 0.6) is 0 Å². The molecule has 1 fully saturated rings. The van der Waals surface area contributed by atoms with Crippen molar-refractivity contribution in [3.05, 3.63) is 0 Å². The van der Waals surface area contributed by atoms with E-state index in [0.717, 1.165) is 19.1 Å². The van der Waals surface area contributed by atoms with E-state index in [1.807, 2.05) is 0 Å². The van der Waals surface area contributed by atoms with Gasteiger partial charge < -0.3 is 10.1 Å². The van der Waals surface area contributed by atoms with Crippen molar-refractivity contribution < 1.29 is 4.74 Å². The zero-order chi connectivity index (χ0) is 14.7. The molecule has 1 aliphatic carbocycles. The molecule has 114 valence electrons. The van der Waals surface area contributed by atoms with Crippen LogP contribution in [0.4, 0.5) is 0 Å². The molecule has 3 unspecified atom stereocenters. The van der Waals surface area contributed by atoms with Gasteiger partial charge in [-0.05, 0) is 57.3 Å². The third-order valence-corrected chi connectivity index (χ3v) is 3.94. The van der Waals surface area contributed by atoms with Gasteiger partial charge in [0.1, 0.15) is 0 Å². The summed E-state index contributed by atoms with van der Waals surface area (Å²) in [4.78, 5) is 0. The summed E-state index contributed by atoms with van der Waals surface area (Å²) in [7, 11) is 0. The topological polar surface area (TPSA) is 21.3 Å². The maximum absolute atomic E-state index is 6.18. The van der Waals surface area contributed by atoms with Crippen molar-refractivity contribution in [2.75, 3.05) is 13.2 Å². The molecule has 19 heavy (non-hydrogen) atoms. The second-order valence-electron chi connectivity index (χ2n) is 8.60. The van der Waals surface area contributed by atoms with Crippen molar-refractivity contribution >= 4 is 0 Å². The molecule has 1 saturated carbocycles. The fourth-order valence-corrected chi connectivity index (χ4v) is 3.23. The Morgan fingerprint density at radius 3 is 2.42 bits per heavy atom. The number of nitrogens with one attached hydrogen (secondary N) is 1. The van der Waals surface area contributed by atoms with Crippen LogP contribution in [0.1, 0.15) is 67.7 Å². The van der Waals surface area contributed by atoms with Crippen molar-refractivity contribution in [2.24, 2.45) is 17.3 Å². The van der Waals surface area contributed by atoms with Crippen molar-refractivity contribution in [2.45, 2.75) is 79.4 Å². The Balaban J connectivity index is 2.28. The first-order chi connectivity index (χ1) is 8.57. The molecule has 0 bridgehead atoms. The normalized spacial score (nSPS) is 29.2. The van der Waals surface area contributed by atoms with E-state index >= 15 is 0 Å². The Labute approximate surface area is 120 Å². The van der Waals surface area contributed by atoms with Crippen LogP contribution in [-0.4, -0.2) is 24.8 Å². The summed E-state index contributed by atoms with van der Waals surface area (Å²) >= 11 is 0. The monoisotopic (exact) mass is 269 g/mol. The predicted molar refractivity (Wildman–Crippen MR) is 83.5 cm³/mol. The third kappa shape index (κ3) is 7.31. The van der Waals surface area contributed by atoms with Crippen molar-refractivity contribution in [3.63, 3.8) is 0 Å². The molecular weight excluding hydrogens is 234 g/mol.